The molecule has 0 saturated carbocycles. The van der Waals surface area contributed by atoms with Gasteiger partial charge in [-0.05, 0) is 17.7 Å². The lowest BCUT2D eigenvalue weighted by molar-refractivity contribution is -0.384. The molecule has 0 spiro atoms. The third kappa shape index (κ3) is 2.38. The molecule has 106 valence electrons. The second-order valence-corrected chi connectivity index (χ2v) is 5.86. The fraction of sp³-hybridized carbons (Fsp3) is 0.133. The summed E-state index contributed by atoms with van der Waals surface area (Å²) in [6.07, 6.45) is 0. The number of amides is 1. The van der Waals surface area contributed by atoms with Gasteiger partial charge in [-0.25, -0.2) is 0 Å². The van der Waals surface area contributed by atoms with Crippen molar-refractivity contribution in [2.45, 2.75) is 10.1 Å². The molecule has 21 heavy (non-hydrogen) atoms. The molecule has 2 aromatic carbocycles. The molecule has 0 bridgehead atoms. The number of hydrogen-bond acceptors (Lipinski definition) is 4. The van der Waals surface area contributed by atoms with Gasteiger partial charge in [0.2, 0.25) is 5.91 Å². The standard InChI is InChI=1S/C15H12N2O3S/c1-16-12-4-2-3-5-13(12)21-14(15(16)18)10-6-8-11(9-7-10)17(19)20/h2-9,14H,1H3. The number of nitrogens with zero attached hydrogens (tertiary/aromatic N) is 2. The molecular weight excluding hydrogens is 288 g/mol. The molecule has 0 saturated heterocycles. The minimum atomic E-state index is -0.443. The SMILES string of the molecule is CN1C(=O)C(c2ccc([N+](=O)[O-])cc2)Sc2ccccc21. The van der Waals surface area contributed by atoms with Crippen molar-refractivity contribution in [3.8, 4) is 0 Å². The van der Waals surface area contributed by atoms with Crippen molar-refractivity contribution < 1.29 is 9.72 Å². The molecule has 1 atom stereocenters. The fourth-order valence-corrected chi connectivity index (χ4v) is 3.58. The monoisotopic (exact) mass is 300 g/mol. The lowest BCUT2D eigenvalue weighted by atomic mass is 10.1. The van der Waals surface area contributed by atoms with Gasteiger partial charge >= 0.3 is 0 Å². The van der Waals surface area contributed by atoms with Crippen molar-refractivity contribution in [3.05, 3.63) is 64.2 Å². The minimum Gasteiger partial charge on any atom is -0.313 e. The zero-order valence-electron chi connectivity index (χ0n) is 11.2. The van der Waals surface area contributed by atoms with Crippen molar-refractivity contribution in [2.75, 3.05) is 11.9 Å². The predicted octanol–water partition coefficient (Wildman–Crippen LogP) is 3.40. The van der Waals surface area contributed by atoms with Gasteiger partial charge in [0, 0.05) is 24.1 Å². The van der Waals surface area contributed by atoms with Gasteiger partial charge in [0.15, 0.2) is 0 Å². The van der Waals surface area contributed by atoms with Gasteiger partial charge in [-0.3, -0.25) is 14.9 Å². The second kappa shape index (κ2) is 5.21. The fourth-order valence-electron chi connectivity index (χ4n) is 2.29. The number of benzene rings is 2. The van der Waals surface area contributed by atoms with Gasteiger partial charge in [0.25, 0.3) is 5.69 Å². The molecular formula is C15H12N2O3S. The van der Waals surface area contributed by atoms with Crippen LogP contribution in [-0.4, -0.2) is 17.9 Å². The van der Waals surface area contributed by atoms with E-state index in [-0.39, 0.29) is 16.8 Å². The zero-order chi connectivity index (χ0) is 15.0. The van der Waals surface area contributed by atoms with Gasteiger partial charge in [-0.15, -0.1) is 11.8 Å². The highest BCUT2D eigenvalue weighted by Crippen LogP contribution is 2.45. The molecule has 1 amide bonds. The van der Waals surface area contributed by atoms with Gasteiger partial charge in [-0.2, -0.15) is 0 Å². The van der Waals surface area contributed by atoms with E-state index in [0.29, 0.717) is 0 Å². The van der Waals surface area contributed by atoms with Crippen LogP contribution >= 0.6 is 11.8 Å². The highest BCUT2D eigenvalue weighted by atomic mass is 32.2. The van der Waals surface area contributed by atoms with E-state index >= 15 is 0 Å². The zero-order valence-corrected chi connectivity index (χ0v) is 12.0. The van der Waals surface area contributed by atoms with Crippen molar-refractivity contribution >= 4 is 29.0 Å². The van der Waals surface area contributed by atoms with Crippen LogP contribution in [-0.2, 0) is 4.79 Å². The Bertz CT molecular complexity index is 715. The van der Waals surface area contributed by atoms with Crippen molar-refractivity contribution in [1.82, 2.24) is 0 Å². The first kappa shape index (κ1) is 13.6. The van der Waals surface area contributed by atoms with E-state index in [1.165, 1.54) is 23.9 Å². The number of thioether (sulfide) groups is 1. The van der Waals surface area contributed by atoms with Crippen molar-refractivity contribution in [2.24, 2.45) is 0 Å². The summed E-state index contributed by atoms with van der Waals surface area (Å²) in [5.74, 6) is -0.0208. The van der Waals surface area contributed by atoms with E-state index < -0.39 is 4.92 Å². The molecule has 0 aliphatic carbocycles. The third-order valence-electron chi connectivity index (χ3n) is 3.43. The Morgan fingerprint density at radius 2 is 1.81 bits per heavy atom. The number of likely N-dealkylation sites (N-methyl/N-ethyl adjacent to an activating group) is 1. The number of fused-ring (bicyclic) bond motifs is 1. The maximum absolute atomic E-state index is 12.5. The Morgan fingerprint density at radius 3 is 2.48 bits per heavy atom. The largest absolute Gasteiger partial charge is 0.313 e. The maximum Gasteiger partial charge on any atom is 0.269 e. The summed E-state index contributed by atoms with van der Waals surface area (Å²) >= 11 is 1.48. The molecule has 0 fully saturated rings. The number of non-ortho nitro benzene ring substituents is 1. The number of anilines is 1. The lowest BCUT2D eigenvalue weighted by Crippen LogP contribution is -2.33. The van der Waals surface area contributed by atoms with Crippen LogP contribution in [0.3, 0.4) is 0 Å². The summed E-state index contributed by atoms with van der Waals surface area (Å²) in [6, 6.07) is 13.9. The van der Waals surface area contributed by atoms with E-state index in [2.05, 4.69) is 0 Å². The number of para-hydroxylation sites is 1. The van der Waals surface area contributed by atoms with Crippen LogP contribution in [0.25, 0.3) is 0 Å². The van der Waals surface area contributed by atoms with Crippen molar-refractivity contribution in [3.63, 3.8) is 0 Å². The lowest BCUT2D eigenvalue weighted by Gasteiger charge is -2.31. The van der Waals surface area contributed by atoms with Crippen LogP contribution in [0.1, 0.15) is 10.8 Å². The summed E-state index contributed by atoms with van der Waals surface area (Å²) in [4.78, 5) is 25.4. The first-order chi connectivity index (χ1) is 10.1. The van der Waals surface area contributed by atoms with Crippen LogP contribution in [0.4, 0.5) is 11.4 Å². The molecule has 5 nitrogen and oxygen atoms in total. The Kier molecular flexibility index (Phi) is 3.39. The molecule has 6 heteroatoms. The van der Waals surface area contributed by atoms with Gasteiger partial charge < -0.3 is 4.90 Å². The summed E-state index contributed by atoms with van der Waals surface area (Å²) in [6.45, 7) is 0. The average molecular weight is 300 g/mol. The number of nitro groups is 1. The Balaban J connectivity index is 1.96. The first-order valence-electron chi connectivity index (χ1n) is 6.35. The van der Waals surface area contributed by atoms with Gasteiger partial charge in [0.1, 0.15) is 5.25 Å². The summed E-state index contributed by atoms with van der Waals surface area (Å²) < 4.78 is 0. The highest BCUT2D eigenvalue weighted by molar-refractivity contribution is 8.00. The number of carbonyl (C=O) groups excluding carboxylic acids is 1. The van der Waals surface area contributed by atoms with Crippen LogP contribution < -0.4 is 4.90 Å². The molecule has 0 radical (unpaired) electrons. The van der Waals surface area contributed by atoms with E-state index in [1.54, 1.807) is 24.1 Å². The smallest absolute Gasteiger partial charge is 0.269 e. The number of hydrogen-bond donors (Lipinski definition) is 0. The predicted molar refractivity (Wildman–Crippen MR) is 81.5 cm³/mol. The maximum atomic E-state index is 12.5. The molecule has 0 N–H and O–H groups in total. The second-order valence-electron chi connectivity index (χ2n) is 4.71. The molecule has 1 unspecified atom stereocenters. The van der Waals surface area contributed by atoms with E-state index in [0.717, 1.165) is 16.1 Å². The molecule has 1 aliphatic heterocycles. The number of rotatable bonds is 2. The quantitative estimate of drug-likeness (QED) is 0.630. The van der Waals surface area contributed by atoms with Crippen LogP contribution in [0.2, 0.25) is 0 Å². The highest BCUT2D eigenvalue weighted by Gasteiger charge is 2.32. The molecule has 1 aliphatic rings. The van der Waals surface area contributed by atoms with E-state index in [4.69, 9.17) is 0 Å². The molecule has 2 aromatic rings. The van der Waals surface area contributed by atoms with E-state index in [1.807, 2.05) is 24.3 Å². The molecule has 0 aromatic heterocycles. The summed E-state index contributed by atoms with van der Waals surface area (Å²) in [5, 5.41) is 10.3. The topological polar surface area (TPSA) is 63.5 Å². The molecule has 1 heterocycles. The summed E-state index contributed by atoms with van der Waals surface area (Å²) in [7, 11) is 1.75. The number of carbonyl (C=O) groups is 1. The summed E-state index contributed by atoms with van der Waals surface area (Å²) in [5.41, 5.74) is 1.70. The van der Waals surface area contributed by atoms with Crippen LogP contribution in [0.5, 0.6) is 0 Å². The third-order valence-corrected chi connectivity index (χ3v) is 4.74. The van der Waals surface area contributed by atoms with Crippen molar-refractivity contribution in [1.29, 1.82) is 0 Å². The Morgan fingerprint density at radius 1 is 1.14 bits per heavy atom. The van der Waals surface area contributed by atoms with Gasteiger partial charge in [0.05, 0.1) is 10.6 Å². The van der Waals surface area contributed by atoms with Crippen LogP contribution in [0, 0.1) is 10.1 Å². The van der Waals surface area contributed by atoms with E-state index in [9.17, 15) is 14.9 Å². The molecule has 3 rings (SSSR count). The Labute approximate surface area is 125 Å². The number of nitro benzene ring substituents is 1. The Hall–Kier alpha value is -2.34. The normalized spacial score (nSPS) is 17.5. The van der Waals surface area contributed by atoms with Gasteiger partial charge in [-0.1, -0.05) is 24.3 Å². The minimum absolute atomic E-state index is 0.0208. The average Bonchev–Trinajstić information content (AvgIpc) is 2.51. The van der Waals surface area contributed by atoms with Crippen LogP contribution in [0.15, 0.2) is 53.4 Å². The first-order valence-corrected chi connectivity index (χ1v) is 7.23.